The van der Waals surface area contributed by atoms with Gasteiger partial charge < -0.3 is 4.42 Å². The fraction of sp³-hybridized carbons (Fsp3) is 0. The van der Waals surface area contributed by atoms with Gasteiger partial charge in [0.15, 0.2) is 0 Å². The summed E-state index contributed by atoms with van der Waals surface area (Å²) in [6.45, 7) is 0. The van der Waals surface area contributed by atoms with Crippen molar-refractivity contribution in [2.45, 2.75) is 0 Å². The van der Waals surface area contributed by atoms with Crippen LogP contribution in [0.1, 0.15) is 0 Å². The van der Waals surface area contributed by atoms with Gasteiger partial charge in [0.2, 0.25) is 0 Å². The van der Waals surface area contributed by atoms with Crippen molar-refractivity contribution in [3.63, 3.8) is 0 Å². The molecular weight excluding hydrogens is 118 g/mol. The Bertz CT molecular complexity index is 286. The van der Waals surface area contributed by atoms with Gasteiger partial charge in [-0.3, -0.25) is 0 Å². The summed E-state index contributed by atoms with van der Waals surface area (Å²) in [5, 5.41) is 7.21. The smallest absolute Gasteiger partial charge is 0.286 e. The summed E-state index contributed by atoms with van der Waals surface area (Å²) in [7, 11) is 0. The number of rotatable bonds is 0. The Morgan fingerprint density at radius 3 is 3.44 bits per heavy atom. The van der Waals surface area contributed by atoms with Crippen LogP contribution in [0.5, 0.6) is 0 Å². The molecule has 0 spiro atoms. The number of fused-ring (bicyclic) bond motifs is 1. The van der Waals surface area contributed by atoms with Gasteiger partial charge in [0.25, 0.3) is 12.1 Å². The average Bonchev–Trinajstić information content (AvgIpc) is 2.33. The molecule has 1 radical (unpaired) electrons. The Morgan fingerprint density at radius 1 is 1.56 bits per heavy atom. The molecule has 0 saturated carbocycles. The van der Waals surface area contributed by atoms with E-state index in [0.717, 1.165) is 0 Å². The van der Waals surface area contributed by atoms with Crippen LogP contribution >= 0.6 is 0 Å². The van der Waals surface area contributed by atoms with Crippen LogP contribution in [0.25, 0.3) is 11.2 Å². The highest BCUT2D eigenvalue weighted by molar-refractivity contribution is 5.65. The average molecular weight is 120 g/mol. The van der Waals surface area contributed by atoms with E-state index in [4.69, 9.17) is 4.42 Å². The number of nitrogens with zero attached hydrogens (tertiary/aromatic N) is 3. The second-order valence-electron chi connectivity index (χ2n) is 1.53. The molecule has 0 fully saturated rings. The summed E-state index contributed by atoms with van der Waals surface area (Å²) in [6.07, 6.45) is 3.86. The highest BCUT2D eigenvalue weighted by atomic mass is 16.3. The Balaban J connectivity index is 2.95. The largest absolute Gasteiger partial charge is 0.412 e. The minimum atomic E-state index is 0.428. The number of aromatic nitrogens is 3. The van der Waals surface area contributed by atoms with Gasteiger partial charge in [0, 0.05) is 0 Å². The van der Waals surface area contributed by atoms with Crippen molar-refractivity contribution >= 4 is 11.2 Å². The lowest BCUT2D eigenvalue weighted by atomic mass is 10.5. The zero-order chi connectivity index (χ0) is 6.10. The van der Waals surface area contributed by atoms with E-state index in [1.807, 2.05) is 0 Å². The van der Waals surface area contributed by atoms with Crippen LogP contribution in [-0.2, 0) is 0 Å². The third-order valence-corrected chi connectivity index (χ3v) is 0.975. The van der Waals surface area contributed by atoms with Gasteiger partial charge in [-0.15, -0.1) is 5.10 Å². The second kappa shape index (κ2) is 1.51. The standard InChI is InChI=1S/C5H2N3O/c1-2-7-8-5-4(1)6-3-9-5/h1-2H. The zero-order valence-corrected chi connectivity index (χ0v) is 4.40. The van der Waals surface area contributed by atoms with Gasteiger partial charge in [-0.2, -0.15) is 5.10 Å². The molecular formula is C5H2N3O. The zero-order valence-electron chi connectivity index (χ0n) is 4.40. The van der Waals surface area contributed by atoms with Crippen molar-refractivity contribution in [2.75, 3.05) is 0 Å². The van der Waals surface area contributed by atoms with Crippen molar-refractivity contribution in [3.8, 4) is 0 Å². The predicted octanol–water partition coefficient (Wildman–Crippen LogP) is 0.418. The van der Waals surface area contributed by atoms with Crippen LogP contribution in [-0.4, -0.2) is 15.2 Å². The van der Waals surface area contributed by atoms with Crippen molar-refractivity contribution in [1.82, 2.24) is 15.2 Å². The molecule has 0 amide bonds. The maximum atomic E-state index is 4.71. The van der Waals surface area contributed by atoms with E-state index < -0.39 is 0 Å². The number of oxazole rings is 1. The predicted molar refractivity (Wildman–Crippen MR) is 28.4 cm³/mol. The van der Waals surface area contributed by atoms with Gasteiger partial charge >= 0.3 is 0 Å². The van der Waals surface area contributed by atoms with E-state index in [0.29, 0.717) is 11.2 Å². The summed E-state index contributed by atoms with van der Waals surface area (Å²) < 4.78 is 4.71. The van der Waals surface area contributed by atoms with Crippen molar-refractivity contribution < 1.29 is 4.42 Å². The first-order valence-electron chi connectivity index (χ1n) is 2.41. The van der Waals surface area contributed by atoms with E-state index >= 15 is 0 Å². The van der Waals surface area contributed by atoms with E-state index in [1.54, 1.807) is 12.3 Å². The molecule has 0 aliphatic carbocycles. The Labute approximate surface area is 50.5 Å². The fourth-order valence-corrected chi connectivity index (χ4v) is 0.585. The van der Waals surface area contributed by atoms with Crippen LogP contribution < -0.4 is 0 Å². The quantitative estimate of drug-likeness (QED) is 0.505. The first kappa shape index (κ1) is 4.43. The molecule has 0 N–H and O–H groups in total. The number of hydrogen-bond acceptors (Lipinski definition) is 4. The SMILES string of the molecule is [c]1nc2ccnnc2o1. The molecule has 4 heteroatoms. The highest BCUT2D eigenvalue weighted by Gasteiger charge is 1.95. The lowest BCUT2D eigenvalue weighted by molar-refractivity contribution is 0.575. The summed E-state index contributed by atoms with van der Waals surface area (Å²) in [5.74, 6) is 0. The normalized spacial score (nSPS) is 10.2. The molecule has 2 heterocycles. The lowest BCUT2D eigenvalue weighted by Crippen LogP contribution is -1.76. The molecule has 43 valence electrons. The molecule has 2 aromatic rings. The van der Waals surface area contributed by atoms with Gasteiger partial charge in [0.1, 0.15) is 5.52 Å². The Morgan fingerprint density at radius 2 is 2.56 bits per heavy atom. The van der Waals surface area contributed by atoms with E-state index in [1.165, 1.54) is 0 Å². The van der Waals surface area contributed by atoms with Crippen LogP contribution in [0, 0.1) is 6.39 Å². The van der Waals surface area contributed by atoms with E-state index in [9.17, 15) is 0 Å². The van der Waals surface area contributed by atoms with Crippen LogP contribution in [0.15, 0.2) is 16.7 Å². The van der Waals surface area contributed by atoms with Gasteiger partial charge in [-0.05, 0) is 6.07 Å². The van der Waals surface area contributed by atoms with Gasteiger partial charge in [0.05, 0.1) is 6.20 Å². The molecule has 0 unspecified atom stereocenters. The lowest BCUT2D eigenvalue weighted by Gasteiger charge is -1.77. The maximum Gasteiger partial charge on any atom is 0.286 e. The van der Waals surface area contributed by atoms with E-state index in [-0.39, 0.29) is 0 Å². The molecule has 4 nitrogen and oxygen atoms in total. The number of hydrogen-bond donors (Lipinski definition) is 0. The summed E-state index contributed by atoms with van der Waals surface area (Å²) in [4.78, 5) is 3.72. The second-order valence-corrected chi connectivity index (χ2v) is 1.53. The first-order chi connectivity index (χ1) is 4.47. The maximum absolute atomic E-state index is 4.71. The molecule has 0 atom stereocenters. The van der Waals surface area contributed by atoms with Crippen LogP contribution in [0.4, 0.5) is 0 Å². The summed E-state index contributed by atoms with van der Waals surface area (Å²) in [6, 6.07) is 1.71. The topological polar surface area (TPSA) is 51.8 Å². The Hall–Kier alpha value is -1.45. The van der Waals surface area contributed by atoms with Crippen LogP contribution in [0.2, 0.25) is 0 Å². The molecule has 2 aromatic heterocycles. The minimum Gasteiger partial charge on any atom is -0.412 e. The van der Waals surface area contributed by atoms with E-state index in [2.05, 4.69) is 21.6 Å². The molecule has 9 heavy (non-hydrogen) atoms. The monoisotopic (exact) mass is 120 g/mol. The Kier molecular flexibility index (Phi) is 0.745. The van der Waals surface area contributed by atoms with Crippen molar-refractivity contribution in [1.29, 1.82) is 0 Å². The van der Waals surface area contributed by atoms with Gasteiger partial charge in [-0.25, -0.2) is 4.98 Å². The molecule has 0 saturated heterocycles. The first-order valence-corrected chi connectivity index (χ1v) is 2.41. The molecule has 0 bridgehead atoms. The van der Waals surface area contributed by atoms with Crippen molar-refractivity contribution in [2.24, 2.45) is 0 Å². The summed E-state index contributed by atoms with van der Waals surface area (Å²) >= 11 is 0. The molecule has 0 aromatic carbocycles. The highest BCUT2D eigenvalue weighted by Crippen LogP contribution is 2.03. The minimum absolute atomic E-state index is 0.428. The third-order valence-electron chi connectivity index (χ3n) is 0.975. The van der Waals surface area contributed by atoms with Crippen LogP contribution in [0.3, 0.4) is 0 Å². The summed E-state index contributed by atoms with van der Waals surface area (Å²) in [5.41, 5.74) is 1.11. The molecule has 0 aliphatic heterocycles. The van der Waals surface area contributed by atoms with Gasteiger partial charge in [-0.1, -0.05) is 0 Å². The van der Waals surface area contributed by atoms with Crippen molar-refractivity contribution in [3.05, 3.63) is 18.7 Å². The third kappa shape index (κ3) is 0.561. The fourth-order valence-electron chi connectivity index (χ4n) is 0.585. The molecule has 0 aliphatic rings. The molecule has 2 rings (SSSR count).